The van der Waals surface area contributed by atoms with E-state index in [1.54, 1.807) is 0 Å². The first-order chi connectivity index (χ1) is 10.6. The molecular weight excluding hydrogens is 348 g/mol. The largest absolute Gasteiger partial charge is 0.479 e. The summed E-state index contributed by atoms with van der Waals surface area (Å²) >= 11 is 3.61. The molecule has 3 heterocycles. The second kappa shape index (κ2) is 4.78. The van der Waals surface area contributed by atoms with Gasteiger partial charge in [0.25, 0.3) is 0 Å². The molecule has 1 spiro atoms. The van der Waals surface area contributed by atoms with Gasteiger partial charge in [-0.3, -0.25) is 0 Å². The van der Waals surface area contributed by atoms with Gasteiger partial charge < -0.3 is 19.3 Å². The molecule has 4 rings (SSSR count). The fraction of sp³-hybridized carbons (Fsp3) is 0.312. The molecule has 0 bridgehead atoms. The van der Waals surface area contributed by atoms with Crippen molar-refractivity contribution in [2.24, 2.45) is 0 Å². The van der Waals surface area contributed by atoms with E-state index in [-0.39, 0.29) is 0 Å². The highest BCUT2D eigenvalue weighted by atomic mass is 79.9. The maximum atomic E-state index is 11.1. The van der Waals surface area contributed by atoms with Crippen molar-refractivity contribution in [3.8, 4) is 11.4 Å². The van der Waals surface area contributed by atoms with Gasteiger partial charge in [-0.15, -0.1) is 0 Å². The monoisotopic (exact) mass is 362 g/mol. The zero-order chi connectivity index (χ0) is 15.3. The normalized spacial score (nSPS) is 18.5. The van der Waals surface area contributed by atoms with Gasteiger partial charge in [-0.05, 0) is 40.2 Å². The van der Waals surface area contributed by atoms with Crippen LogP contribution in [0.15, 0.2) is 41.0 Å². The highest BCUT2D eigenvalue weighted by Crippen LogP contribution is 2.46. The number of aromatic nitrogens is 1. The molecule has 2 aliphatic heterocycles. The van der Waals surface area contributed by atoms with Gasteiger partial charge in [-0.1, -0.05) is 12.1 Å². The third kappa shape index (κ3) is 1.86. The van der Waals surface area contributed by atoms with Crippen LogP contribution in [0.4, 0.5) is 4.79 Å². The first kappa shape index (κ1) is 13.7. The minimum absolute atomic E-state index is 0.452. The molecule has 0 saturated carbocycles. The number of nitrogens with zero attached hydrogens (tertiary/aromatic N) is 2. The van der Waals surface area contributed by atoms with Crippen molar-refractivity contribution in [2.45, 2.75) is 18.4 Å². The van der Waals surface area contributed by atoms with Crippen molar-refractivity contribution >= 4 is 22.0 Å². The number of piperidine rings is 1. The number of benzene rings is 1. The number of hydrogen-bond donors (Lipinski definition) is 1. The maximum Gasteiger partial charge on any atom is 0.407 e. The van der Waals surface area contributed by atoms with Crippen molar-refractivity contribution < 1.29 is 14.6 Å². The number of para-hydroxylation sites is 2. The topological polar surface area (TPSA) is 54.7 Å². The summed E-state index contributed by atoms with van der Waals surface area (Å²) in [6.07, 6.45) is 0.455. The standard InChI is InChI=1S/C16H15BrN2O3/c17-14-6-5-13-16(7-9-18(10-8-16)15(20)21)22-12-4-2-1-3-11(12)19(13)14/h1-6H,7-10H2,(H,20,21). The molecule has 1 amide bonds. The van der Waals surface area contributed by atoms with Crippen LogP contribution in [0.2, 0.25) is 0 Å². The van der Waals surface area contributed by atoms with Gasteiger partial charge in [0, 0.05) is 25.9 Å². The van der Waals surface area contributed by atoms with E-state index in [0.717, 1.165) is 21.7 Å². The van der Waals surface area contributed by atoms with E-state index in [4.69, 9.17) is 9.84 Å². The molecule has 1 N–H and O–H groups in total. The molecule has 1 aromatic heterocycles. The fourth-order valence-electron chi connectivity index (χ4n) is 3.42. The quantitative estimate of drug-likeness (QED) is 0.778. The highest BCUT2D eigenvalue weighted by molar-refractivity contribution is 9.10. The maximum absolute atomic E-state index is 11.1. The van der Waals surface area contributed by atoms with Gasteiger partial charge >= 0.3 is 6.09 Å². The Kier molecular flexibility index (Phi) is 2.97. The first-order valence-electron chi connectivity index (χ1n) is 7.25. The molecule has 1 saturated heterocycles. The number of carboxylic acid groups (broad SMARTS) is 1. The Bertz CT molecular complexity index is 748. The predicted molar refractivity (Wildman–Crippen MR) is 84.6 cm³/mol. The zero-order valence-electron chi connectivity index (χ0n) is 11.8. The minimum atomic E-state index is -0.859. The van der Waals surface area contributed by atoms with Gasteiger partial charge in [0.15, 0.2) is 5.60 Å². The lowest BCUT2D eigenvalue weighted by molar-refractivity contribution is -0.00909. The zero-order valence-corrected chi connectivity index (χ0v) is 13.4. The van der Waals surface area contributed by atoms with Crippen LogP contribution in [0, 0.1) is 0 Å². The Morgan fingerprint density at radius 2 is 1.91 bits per heavy atom. The minimum Gasteiger partial charge on any atom is -0.479 e. The molecule has 2 aliphatic rings. The number of carbonyl (C=O) groups is 1. The number of amides is 1. The van der Waals surface area contributed by atoms with Crippen LogP contribution in [-0.4, -0.2) is 33.8 Å². The third-order valence-electron chi connectivity index (χ3n) is 4.55. The van der Waals surface area contributed by atoms with E-state index in [0.29, 0.717) is 25.9 Å². The van der Waals surface area contributed by atoms with Crippen LogP contribution < -0.4 is 4.74 Å². The molecule has 0 radical (unpaired) electrons. The Morgan fingerprint density at radius 1 is 1.18 bits per heavy atom. The van der Waals surface area contributed by atoms with Gasteiger partial charge in [-0.2, -0.15) is 0 Å². The van der Waals surface area contributed by atoms with E-state index in [9.17, 15) is 4.79 Å². The second-order valence-electron chi connectivity index (χ2n) is 5.71. The van der Waals surface area contributed by atoms with Crippen LogP contribution in [0.5, 0.6) is 5.75 Å². The summed E-state index contributed by atoms with van der Waals surface area (Å²) in [4.78, 5) is 12.6. The Balaban J connectivity index is 1.79. The summed E-state index contributed by atoms with van der Waals surface area (Å²) in [5, 5.41) is 9.15. The van der Waals surface area contributed by atoms with E-state index in [1.165, 1.54) is 4.90 Å². The van der Waals surface area contributed by atoms with Gasteiger partial charge in [0.2, 0.25) is 0 Å². The van der Waals surface area contributed by atoms with Gasteiger partial charge in [0.1, 0.15) is 5.75 Å². The van der Waals surface area contributed by atoms with Crippen LogP contribution in [0.25, 0.3) is 5.69 Å². The van der Waals surface area contributed by atoms with E-state index >= 15 is 0 Å². The van der Waals surface area contributed by atoms with E-state index in [1.807, 2.05) is 30.3 Å². The Hall–Kier alpha value is -1.95. The van der Waals surface area contributed by atoms with Gasteiger partial charge in [0.05, 0.1) is 16.0 Å². The summed E-state index contributed by atoms with van der Waals surface area (Å²) < 4.78 is 9.51. The average molecular weight is 363 g/mol. The van der Waals surface area contributed by atoms with Crippen LogP contribution in [-0.2, 0) is 5.60 Å². The molecule has 22 heavy (non-hydrogen) atoms. The first-order valence-corrected chi connectivity index (χ1v) is 8.04. The lowest BCUT2D eigenvalue weighted by Crippen LogP contribution is -2.49. The third-order valence-corrected chi connectivity index (χ3v) is 5.17. The number of hydrogen-bond acceptors (Lipinski definition) is 2. The number of likely N-dealkylation sites (tertiary alicyclic amines) is 1. The van der Waals surface area contributed by atoms with Crippen molar-refractivity contribution in [1.29, 1.82) is 0 Å². The van der Waals surface area contributed by atoms with Crippen LogP contribution in [0.1, 0.15) is 18.5 Å². The molecule has 6 heteroatoms. The SMILES string of the molecule is O=C(O)N1CCC2(CC1)Oc1ccccc1-n1c(Br)ccc12. The number of ether oxygens (including phenoxy) is 1. The Labute approximate surface area is 136 Å². The number of halogens is 1. The van der Waals surface area contributed by atoms with E-state index in [2.05, 4.69) is 26.6 Å². The van der Waals surface area contributed by atoms with Crippen molar-refractivity contribution in [1.82, 2.24) is 9.47 Å². The van der Waals surface area contributed by atoms with Crippen molar-refractivity contribution in [3.05, 3.63) is 46.7 Å². The molecule has 0 aliphatic carbocycles. The smallest absolute Gasteiger partial charge is 0.407 e. The molecular formula is C16H15BrN2O3. The predicted octanol–water partition coefficient (Wildman–Crippen LogP) is 3.60. The Morgan fingerprint density at radius 3 is 2.64 bits per heavy atom. The van der Waals surface area contributed by atoms with Crippen LogP contribution >= 0.6 is 15.9 Å². The molecule has 2 aromatic rings. The fourth-order valence-corrected chi connectivity index (χ4v) is 3.93. The van der Waals surface area contributed by atoms with E-state index < -0.39 is 11.7 Å². The summed E-state index contributed by atoms with van der Waals surface area (Å²) in [6.45, 7) is 0.973. The molecule has 1 fully saturated rings. The molecule has 1 aromatic carbocycles. The lowest BCUT2D eigenvalue weighted by Gasteiger charge is -2.44. The second-order valence-corrected chi connectivity index (χ2v) is 6.52. The summed E-state index contributed by atoms with van der Waals surface area (Å²) in [6, 6.07) is 12.0. The van der Waals surface area contributed by atoms with Crippen LogP contribution in [0.3, 0.4) is 0 Å². The summed E-state index contributed by atoms with van der Waals surface area (Å²) in [5.74, 6) is 0.843. The summed E-state index contributed by atoms with van der Waals surface area (Å²) in [7, 11) is 0. The number of rotatable bonds is 0. The number of fused-ring (bicyclic) bond motifs is 4. The van der Waals surface area contributed by atoms with Crippen molar-refractivity contribution in [3.63, 3.8) is 0 Å². The molecule has 114 valence electrons. The highest BCUT2D eigenvalue weighted by Gasteiger charge is 2.45. The lowest BCUT2D eigenvalue weighted by atomic mass is 9.86. The molecule has 5 nitrogen and oxygen atoms in total. The summed E-state index contributed by atoms with van der Waals surface area (Å²) in [5.41, 5.74) is 1.65. The van der Waals surface area contributed by atoms with Gasteiger partial charge in [-0.25, -0.2) is 4.79 Å². The average Bonchev–Trinajstić information content (AvgIpc) is 2.91. The molecule has 0 unspecified atom stereocenters. The molecule has 0 atom stereocenters. The van der Waals surface area contributed by atoms with Crippen molar-refractivity contribution in [2.75, 3.05) is 13.1 Å².